The van der Waals surface area contributed by atoms with Gasteiger partial charge in [-0.1, -0.05) is 24.3 Å². The van der Waals surface area contributed by atoms with E-state index >= 15 is 0 Å². The first-order chi connectivity index (χ1) is 13.0. The molecule has 6 heteroatoms. The van der Waals surface area contributed by atoms with Gasteiger partial charge in [0.25, 0.3) is 0 Å². The van der Waals surface area contributed by atoms with Crippen molar-refractivity contribution < 1.29 is 29.6 Å². The van der Waals surface area contributed by atoms with Crippen LogP contribution in [-0.2, 0) is 11.2 Å². The van der Waals surface area contributed by atoms with E-state index in [-0.39, 0.29) is 18.3 Å². The first kappa shape index (κ1) is 21.4. The molecular weight excluding hydrogens is 348 g/mol. The summed E-state index contributed by atoms with van der Waals surface area (Å²) in [6.07, 6.45) is 10.7. The zero-order valence-corrected chi connectivity index (χ0v) is 15.5. The highest BCUT2D eigenvalue weighted by molar-refractivity contribution is 5.66. The van der Waals surface area contributed by atoms with Crippen molar-refractivity contribution in [3.05, 3.63) is 48.5 Å². The second-order valence-electron chi connectivity index (χ2n) is 7.17. The summed E-state index contributed by atoms with van der Waals surface area (Å²) in [5.41, 5.74) is 0. The minimum absolute atomic E-state index is 0.107. The van der Waals surface area contributed by atoms with E-state index in [0.29, 0.717) is 38.5 Å². The lowest BCUT2D eigenvalue weighted by molar-refractivity contribution is -0.137. The van der Waals surface area contributed by atoms with Crippen LogP contribution in [0.25, 0.3) is 0 Å². The van der Waals surface area contributed by atoms with E-state index in [9.17, 15) is 20.1 Å². The smallest absolute Gasteiger partial charge is 0.303 e. The topological polar surface area (TPSA) is 111 Å². The van der Waals surface area contributed by atoms with Crippen LogP contribution in [0.4, 0.5) is 0 Å². The SMILES string of the molecule is O=C(O)CCCC=CCC1C(O)CC(O)C1C=CC(O)CCc1ccco1. The first-order valence-electron chi connectivity index (χ1n) is 9.59. The van der Waals surface area contributed by atoms with Crippen LogP contribution in [0.3, 0.4) is 0 Å². The van der Waals surface area contributed by atoms with E-state index in [2.05, 4.69) is 0 Å². The number of aliphatic hydroxyl groups excluding tert-OH is 3. The van der Waals surface area contributed by atoms with Crippen molar-refractivity contribution in [2.75, 3.05) is 0 Å². The molecule has 150 valence electrons. The number of hydrogen-bond donors (Lipinski definition) is 4. The quantitative estimate of drug-likeness (QED) is 0.348. The molecule has 0 saturated heterocycles. The Morgan fingerprint density at radius 2 is 2.11 bits per heavy atom. The molecule has 27 heavy (non-hydrogen) atoms. The summed E-state index contributed by atoms with van der Waals surface area (Å²) in [6, 6.07) is 3.68. The van der Waals surface area contributed by atoms with Gasteiger partial charge in [-0.2, -0.15) is 0 Å². The fourth-order valence-electron chi connectivity index (χ4n) is 3.55. The van der Waals surface area contributed by atoms with Crippen molar-refractivity contribution in [3.63, 3.8) is 0 Å². The second kappa shape index (κ2) is 11.1. The summed E-state index contributed by atoms with van der Waals surface area (Å²) in [5, 5.41) is 39.2. The van der Waals surface area contributed by atoms with Crippen LogP contribution in [0, 0.1) is 11.8 Å². The summed E-state index contributed by atoms with van der Waals surface area (Å²) in [7, 11) is 0. The van der Waals surface area contributed by atoms with Gasteiger partial charge in [0.1, 0.15) is 5.76 Å². The largest absolute Gasteiger partial charge is 0.481 e. The summed E-state index contributed by atoms with van der Waals surface area (Å²) >= 11 is 0. The fraction of sp³-hybridized carbons (Fsp3) is 0.571. The lowest BCUT2D eigenvalue weighted by Crippen LogP contribution is -2.20. The highest BCUT2D eigenvalue weighted by atomic mass is 16.4. The minimum Gasteiger partial charge on any atom is -0.481 e. The lowest BCUT2D eigenvalue weighted by atomic mass is 9.89. The maximum absolute atomic E-state index is 10.5. The van der Waals surface area contributed by atoms with Crippen LogP contribution >= 0.6 is 0 Å². The van der Waals surface area contributed by atoms with Crippen molar-refractivity contribution in [1.29, 1.82) is 0 Å². The molecule has 0 aromatic carbocycles. The van der Waals surface area contributed by atoms with Crippen LogP contribution in [-0.4, -0.2) is 44.7 Å². The van der Waals surface area contributed by atoms with Gasteiger partial charge in [0, 0.05) is 25.2 Å². The van der Waals surface area contributed by atoms with Gasteiger partial charge in [-0.25, -0.2) is 0 Å². The number of carboxylic acid groups (broad SMARTS) is 1. The first-order valence-corrected chi connectivity index (χ1v) is 9.59. The van der Waals surface area contributed by atoms with Crippen molar-refractivity contribution >= 4 is 5.97 Å². The summed E-state index contributed by atoms with van der Waals surface area (Å²) in [4.78, 5) is 10.5. The van der Waals surface area contributed by atoms with Crippen LogP contribution < -0.4 is 0 Å². The van der Waals surface area contributed by atoms with E-state index in [1.54, 1.807) is 12.3 Å². The summed E-state index contributed by atoms with van der Waals surface area (Å²) < 4.78 is 5.25. The summed E-state index contributed by atoms with van der Waals surface area (Å²) in [5.74, 6) is -0.288. The molecule has 2 rings (SSSR count). The van der Waals surface area contributed by atoms with Gasteiger partial charge >= 0.3 is 5.97 Å². The number of unbranched alkanes of at least 4 members (excludes halogenated alkanes) is 1. The molecule has 1 fully saturated rings. The highest BCUT2D eigenvalue weighted by Crippen LogP contribution is 2.36. The van der Waals surface area contributed by atoms with E-state index in [1.807, 2.05) is 30.4 Å². The van der Waals surface area contributed by atoms with Crippen molar-refractivity contribution in [3.8, 4) is 0 Å². The number of rotatable bonds is 11. The molecule has 0 bridgehead atoms. The van der Waals surface area contributed by atoms with Gasteiger partial charge in [0.05, 0.1) is 24.6 Å². The number of aliphatic hydroxyl groups is 3. The molecule has 0 radical (unpaired) electrons. The maximum atomic E-state index is 10.5. The Kier molecular flexibility index (Phi) is 8.78. The molecule has 5 atom stereocenters. The molecule has 0 amide bonds. The number of hydrogen-bond acceptors (Lipinski definition) is 5. The van der Waals surface area contributed by atoms with E-state index in [4.69, 9.17) is 9.52 Å². The Hall–Kier alpha value is -1.89. The van der Waals surface area contributed by atoms with Gasteiger partial charge in [-0.05, 0) is 43.7 Å². The molecule has 0 spiro atoms. The molecule has 0 aliphatic heterocycles. The molecular formula is C21H30O6. The maximum Gasteiger partial charge on any atom is 0.303 e. The molecule has 4 N–H and O–H groups in total. The molecule has 1 aromatic heterocycles. The Bertz CT molecular complexity index is 606. The van der Waals surface area contributed by atoms with Crippen LogP contribution in [0.2, 0.25) is 0 Å². The predicted molar refractivity (Wildman–Crippen MR) is 101 cm³/mol. The molecule has 6 nitrogen and oxygen atoms in total. The van der Waals surface area contributed by atoms with Crippen LogP contribution in [0.15, 0.2) is 47.1 Å². The standard InChI is InChI=1S/C21H30O6/c22-15(9-11-16-6-5-13-27-16)10-12-18-17(19(23)14-20(18)24)7-3-1-2-4-8-21(25)26/h1,3,5-6,10,12-13,15,17-20,22-24H,2,4,7-9,11,14H2,(H,25,26). The monoisotopic (exact) mass is 378 g/mol. The van der Waals surface area contributed by atoms with Crippen molar-refractivity contribution in [1.82, 2.24) is 0 Å². The molecule has 5 unspecified atom stereocenters. The number of furan rings is 1. The molecule has 1 heterocycles. The molecule has 1 aromatic rings. The van der Waals surface area contributed by atoms with Crippen LogP contribution in [0.1, 0.15) is 44.3 Å². The third-order valence-corrected chi connectivity index (χ3v) is 5.07. The zero-order chi connectivity index (χ0) is 19.6. The van der Waals surface area contributed by atoms with E-state index in [1.165, 1.54) is 0 Å². The molecule has 1 aliphatic carbocycles. The Morgan fingerprint density at radius 1 is 1.30 bits per heavy atom. The number of carbonyl (C=O) groups is 1. The number of carboxylic acids is 1. The lowest BCUT2D eigenvalue weighted by Gasteiger charge is -2.19. The average Bonchev–Trinajstić information content (AvgIpc) is 3.22. The number of aliphatic carboxylic acids is 1. The highest BCUT2D eigenvalue weighted by Gasteiger charge is 2.39. The average molecular weight is 378 g/mol. The Morgan fingerprint density at radius 3 is 2.81 bits per heavy atom. The normalized spacial score (nSPS) is 26.9. The van der Waals surface area contributed by atoms with Gasteiger partial charge < -0.3 is 24.8 Å². The summed E-state index contributed by atoms with van der Waals surface area (Å²) in [6.45, 7) is 0. The van der Waals surface area contributed by atoms with Gasteiger partial charge in [-0.15, -0.1) is 0 Å². The van der Waals surface area contributed by atoms with E-state index in [0.717, 1.165) is 5.76 Å². The molecule has 1 saturated carbocycles. The number of aryl methyl sites for hydroxylation is 1. The minimum atomic E-state index is -0.798. The van der Waals surface area contributed by atoms with Gasteiger partial charge in [0.2, 0.25) is 0 Å². The Labute approximate surface area is 159 Å². The zero-order valence-electron chi connectivity index (χ0n) is 15.5. The number of allylic oxidation sites excluding steroid dienone is 2. The van der Waals surface area contributed by atoms with Crippen molar-refractivity contribution in [2.24, 2.45) is 11.8 Å². The Balaban J connectivity index is 1.81. The third kappa shape index (κ3) is 7.33. The third-order valence-electron chi connectivity index (χ3n) is 5.07. The van der Waals surface area contributed by atoms with Crippen molar-refractivity contribution in [2.45, 2.75) is 63.3 Å². The van der Waals surface area contributed by atoms with Gasteiger partial charge in [-0.3, -0.25) is 4.79 Å². The van der Waals surface area contributed by atoms with Gasteiger partial charge in [0.15, 0.2) is 0 Å². The second-order valence-corrected chi connectivity index (χ2v) is 7.17. The molecule has 1 aliphatic rings. The predicted octanol–water partition coefficient (Wildman–Crippen LogP) is 2.69. The fourth-order valence-corrected chi connectivity index (χ4v) is 3.55. The van der Waals surface area contributed by atoms with E-state index < -0.39 is 24.3 Å². The van der Waals surface area contributed by atoms with Crippen LogP contribution in [0.5, 0.6) is 0 Å².